The first kappa shape index (κ1) is 18.9. The van der Waals surface area contributed by atoms with Crippen molar-refractivity contribution in [1.29, 1.82) is 0 Å². The first-order chi connectivity index (χ1) is 13.6. The second kappa shape index (κ2) is 8.31. The van der Waals surface area contributed by atoms with E-state index < -0.39 is 0 Å². The maximum atomic E-state index is 13.2. The summed E-state index contributed by atoms with van der Waals surface area (Å²) in [5.74, 6) is -0.179. The molecule has 2 unspecified atom stereocenters. The molecule has 4 rings (SSSR count). The van der Waals surface area contributed by atoms with Crippen molar-refractivity contribution in [3.63, 3.8) is 0 Å². The molecule has 2 heterocycles. The Kier molecular flexibility index (Phi) is 5.62. The minimum absolute atomic E-state index is 0.117. The highest BCUT2D eigenvalue weighted by Crippen LogP contribution is 2.23. The number of amides is 2. The second-order valence-corrected chi connectivity index (χ2v) is 8.34. The van der Waals surface area contributed by atoms with E-state index in [0.29, 0.717) is 12.1 Å². The summed E-state index contributed by atoms with van der Waals surface area (Å²) in [6.45, 7) is 2.97. The first-order valence-electron chi connectivity index (χ1n) is 10.3. The van der Waals surface area contributed by atoms with Crippen molar-refractivity contribution in [1.82, 2.24) is 5.32 Å². The Balaban J connectivity index is 1.35. The molecular weight excluding hydrogens is 353 g/mol. The molecule has 3 N–H and O–H groups in total. The third kappa shape index (κ3) is 4.53. The van der Waals surface area contributed by atoms with Crippen LogP contribution in [0.3, 0.4) is 0 Å². The number of piperidine rings is 2. The summed E-state index contributed by atoms with van der Waals surface area (Å²) < 4.78 is 13.2. The number of urea groups is 1. The molecule has 28 heavy (non-hydrogen) atoms. The lowest BCUT2D eigenvalue weighted by Crippen LogP contribution is -3.20. The fourth-order valence-electron chi connectivity index (χ4n) is 4.87. The van der Waals surface area contributed by atoms with E-state index in [9.17, 15) is 9.18 Å². The highest BCUT2D eigenvalue weighted by molar-refractivity contribution is 5.89. The van der Waals surface area contributed by atoms with Gasteiger partial charge in [0.15, 0.2) is 0 Å². The van der Waals surface area contributed by atoms with Crippen molar-refractivity contribution in [2.75, 3.05) is 5.32 Å². The summed E-state index contributed by atoms with van der Waals surface area (Å²) in [6, 6.07) is 16.0. The first-order valence-corrected chi connectivity index (χ1v) is 10.3. The van der Waals surface area contributed by atoms with Gasteiger partial charge in [-0.3, -0.25) is 0 Å². The number of quaternary nitrogens is 1. The highest BCUT2D eigenvalue weighted by atomic mass is 19.1. The summed E-state index contributed by atoms with van der Waals surface area (Å²) in [5, 5.41) is 6.14. The molecule has 2 aliphatic heterocycles. The molecule has 2 bridgehead atoms. The van der Waals surface area contributed by atoms with E-state index in [1.807, 2.05) is 43.3 Å². The molecular formula is C23H29FN3O+. The molecule has 0 aliphatic carbocycles. The average Bonchev–Trinajstić information content (AvgIpc) is 2.66. The molecule has 4 atom stereocenters. The Morgan fingerprint density at radius 3 is 2.32 bits per heavy atom. The fraction of sp³-hybridized carbons (Fsp3) is 0.435. The number of hydrogen-bond acceptors (Lipinski definition) is 1. The minimum Gasteiger partial charge on any atom is -0.335 e. The molecule has 2 aromatic carbocycles. The number of anilines is 1. The van der Waals surface area contributed by atoms with Crippen molar-refractivity contribution in [2.45, 2.75) is 63.7 Å². The Hall–Kier alpha value is -2.40. The summed E-state index contributed by atoms with van der Waals surface area (Å²) in [5.41, 5.74) is 3.19. The molecule has 2 aromatic rings. The average molecular weight is 383 g/mol. The molecule has 0 saturated carbocycles. The van der Waals surface area contributed by atoms with Gasteiger partial charge >= 0.3 is 6.03 Å². The van der Waals surface area contributed by atoms with Crippen molar-refractivity contribution >= 4 is 11.7 Å². The molecule has 4 nitrogen and oxygen atoms in total. The number of fused-ring (bicyclic) bond motifs is 2. The summed E-state index contributed by atoms with van der Waals surface area (Å²) in [7, 11) is 0. The van der Waals surface area contributed by atoms with Crippen molar-refractivity contribution in [2.24, 2.45) is 0 Å². The Morgan fingerprint density at radius 2 is 1.68 bits per heavy atom. The smallest absolute Gasteiger partial charge is 0.319 e. The van der Waals surface area contributed by atoms with E-state index in [1.165, 1.54) is 30.4 Å². The molecule has 0 radical (unpaired) electrons. The number of nitrogens with one attached hydrogen (secondary N) is 3. The van der Waals surface area contributed by atoms with Gasteiger partial charge in [-0.25, -0.2) is 9.18 Å². The molecule has 0 aromatic heterocycles. The predicted octanol–water partition coefficient (Wildman–Crippen LogP) is 3.42. The topological polar surface area (TPSA) is 45.6 Å². The number of halogens is 1. The van der Waals surface area contributed by atoms with Crippen LogP contribution < -0.4 is 15.5 Å². The lowest BCUT2D eigenvalue weighted by atomic mass is 9.81. The maximum absolute atomic E-state index is 13.2. The van der Waals surface area contributed by atoms with E-state index in [2.05, 4.69) is 10.6 Å². The summed E-state index contributed by atoms with van der Waals surface area (Å²) >= 11 is 0. The highest BCUT2D eigenvalue weighted by Gasteiger charge is 2.42. The monoisotopic (exact) mass is 382 g/mol. The quantitative estimate of drug-likeness (QED) is 0.745. The normalized spacial score (nSPS) is 26.5. The van der Waals surface area contributed by atoms with Crippen LogP contribution in [0.15, 0.2) is 48.5 Å². The van der Waals surface area contributed by atoms with E-state index in [1.54, 1.807) is 17.0 Å². The Labute approximate surface area is 166 Å². The number of hydrogen-bond donors (Lipinski definition) is 3. The summed E-state index contributed by atoms with van der Waals surface area (Å²) in [6.07, 6.45) is 5.68. The van der Waals surface area contributed by atoms with Crippen molar-refractivity contribution < 1.29 is 14.1 Å². The van der Waals surface area contributed by atoms with Gasteiger partial charge in [0.05, 0.1) is 12.1 Å². The van der Waals surface area contributed by atoms with Crippen molar-refractivity contribution in [3.05, 3.63) is 65.5 Å². The van der Waals surface area contributed by atoms with Gasteiger partial charge in [0.2, 0.25) is 0 Å². The number of benzene rings is 2. The van der Waals surface area contributed by atoms with Crippen LogP contribution >= 0.6 is 0 Å². The standard InChI is InChI=1S/C23H28FN3O/c1-16-5-11-19(12-6-16)25-23(28)26-20-13-21-3-2-4-22(14-20)27(21)15-17-7-9-18(24)10-8-17/h5-12,20-22H,2-4,13-15H2,1H3,(H2,25,26,28)/p+1/t20?,21-,22+. The molecule has 0 spiro atoms. The zero-order chi connectivity index (χ0) is 19.5. The van der Waals surface area contributed by atoms with Crippen LogP contribution in [0.2, 0.25) is 0 Å². The third-order valence-electron chi connectivity index (χ3n) is 6.26. The van der Waals surface area contributed by atoms with Gasteiger partial charge in [0.1, 0.15) is 12.4 Å². The van der Waals surface area contributed by atoms with Gasteiger partial charge in [-0.1, -0.05) is 29.8 Å². The lowest BCUT2D eigenvalue weighted by molar-refractivity contribution is -0.973. The largest absolute Gasteiger partial charge is 0.335 e. The number of aryl methyl sites for hydroxylation is 1. The maximum Gasteiger partial charge on any atom is 0.319 e. The third-order valence-corrected chi connectivity index (χ3v) is 6.26. The molecule has 2 fully saturated rings. The van der Waals surface area contributed by atoms with Crippen LogP contribution in [0.25, 0.3) is 0 Å². The van der Waals surface area contributed by atoms with Gasteiger partial charge in [0, 0.05) is 30.1 Å². The van der Waals surface area contributed by atoms with Crippen LogP contribution in [-0.2, 0) is 6.54 Å². The molecule has 2 aliphatic rings. The predicted molar refractivity (Wildman–Crippen MR) is 109 cm³/mol. The van der Waals surface area contributed by atoms with E-state index in [0.717, 1.165) is 25.1 Å². The Morgan fingerprint density at radius 1 is 1.04 bits per heavy atom. The number of rotatable bonds is 4. The molecule has 148 valence electrons. The zero-order valence-corrected chi connectivity index (χ0v) is 16.4. The van der Waals surface area contributed by atoms with Crippen LogP contribution in [0.5, 0.6) is 0 Å². The van der Waals surface area contributed by atoms with Gasteiger partial charge in [-0.15, -0.1) is 0 Å². The SMILES string of the molecule is Cc1ccc(NC(=O)NC2C[C@H]3CCC[C@@H](C2)[NH+]3Cc2ccc(F)cc2)cc1. The van der Waals surface area contributed by atoms with E-state index in [4.69, 9.17) is 0 Å². The summed E-state index contributed by atoms with van der Waals surface area (Å²) in [4.78, 5) is 14.0. The molecule has 5 heteroatoms. The molecule has 2 saturated heterocycles. The second-order valence-electron chi connectivity index (χ2n) is 8.34. The van der Waals surface area contributed by atoms with E-state index in [-0.39, 0.29) is 17.9 Å². The Bertz CT molecular complexity index is 792. The van der Waals surface area contributed by atoms with Gasteiger partial charge in [0.25, 0.3) is 0 Å². The van der Waals surface area contributed by atoms with Gasteiger partial charge in [-0.05, 0) is 50.5 Å². The zero-order valence-electron chi connectivity index (χ0n) is 16.4. The van der Waals surface area contributed by atoms with Crippen LogP contribution in [0.1, 0.15) is 43.2 Å². The van der Waals surface area contributed by atoms with Crippen molar-refractivity contribution in [3.8, 4) is 0 Å². The molecule has 2 amide bonds. The number of carbonyl (C=O) groups excluding carboxylic acids is 1. The van der Waals surface area contributed by atoms with Crippen LogP contribution in [0, 0.1) is 12.7 Å². The fourth-order valence-corrected chi connectivity index (χ4v) is 4.87. The van der Waals surface area contributed by atoms with E-state index >= 15 is 0 Å². The number of carbonyl (C=O) groups is 1. The lowest BCUT2D eigenvalue weighted by Gasteiger charge is -2.46. The van der Waals surface area contributed by atoms with Crippen LogP contribution in [0.4, 0.5) is 14.9 Å². The van der Waals surface area contributed by atoms with Crippen LogP contribution in [-0.4, -0.2) is 24.2 Å². The van der Waals surface area contributed by atoms with Gasteiger partial charge in [-0.2, -0.15) is 0 Å². The van der Waals surface area contributed by atoms with Gasteiger partial charge < -0.3 is 15.5 Å². The minimum atomic E-state index is -0.179.